The highest BCUT2D eigenvalue weighted by Gasteiger charge is 2.31. The summed E-state index contributed by atoms with van der Waals surface area (Å²) in [5, 5.41) is 3.68. The number of nitrogens with one attached hydrogen (secondary N) is 1. The molecular formula is C17H28N2. The van der Waals surface area contributed by atoms with E-state index in [1.807, 2.05) is 12.3 Å². The van der Waals surface area contributed by atoms with Crippen LogP contribution in [0.25, 0.3) is 0 Å². The van der Waals surface area contributed by atoms with Gasteiger partial charge >= 0.3 is 0 Å². The average molecular weight is 260 g/mol. The van der Waals surface area contributed by atoms with Crippen molar-refractivity contribution in [3.63, 3.8) is 0 Å². The highest BCUT2D eigenvalue weighted by atomic mass is 14.9. The lowest BCUT2D eigenvalue weighted by Crippen LogP contribution is -2.34. The summed E-state index contributed by atoms with van der Waals surface area (Å²) in [6.07, 6.45) is 5.95. The van der Waals surface area contributed by atoms with Crippen molar-refractivity contribution in [1.82, 2.24) is 10.3 Å². The Morgan fingerprint density at radius 3 is 2.74 bits per heavy atom. The Morgan fingerprint density at radius 1 is 1.32 bits per heavy atom. The zero-order valence-electron chi connectivity index (χ0n) is 12.8. The summed E-state index contributed by atoms with van der Waals surface area (Å²) in [6.45, 7) is 10.2. The minimum absolute atomic E-state index is 0.432. The predicted octanol–water partition coefficient (Wildman–Crippen LogP) is 4.11. The molecule has 4 atom stereocenters. The van der Waals surface area contributed by atoms with Gasteiger partial charge in [0.15, 0.2) is 0 Å². The van der Waals surface area contributed by atoms with Gasteiger partial charge in [-0.15, -0.1) is 0 Å². The van der Waals surface area contributed by atoms with Gasteiger partial charge in [-0.05, 0) is 55.7 Å². The van der Waals surface area contributed by atoms with Crippen molar-refractivity contribution in [2.75, 3.05) is 6.54 Å². The van der Waals surface area contributed by atoms with E-state index in [0.717, 1.165) is 24.3 Å². The summed E-state index contributed by atoms with van der Waals surface area (Å²) in [5.41, 5.74) is 2.58. The number of aromatic nitrogens is 1. The van der Waals surface area contributed by atoms with Crippen LogP contribution >= 0.6 is 0 Å². The second-order valence-corrected chi connectivity index (χ2v) is 6.27. The zero-order chi connectivity index (χ0) is 13.8. The van der Waals surface area contributed by atoms with Crippen LogP contribution < -0.4 is 5.32 Å². The molecule has 0 saturated heterocycles. The van der Waals surface area contributed by atoms with Crippen LogP contribution in [0.4, 0.5) is 0 Å². The second-order valence-electron chi connectivity index (χ2n) is 6.27. The van der Waals surface area contributed by atoms with Crippen LogP contribution in [-0.2, 0) is 0 Å². The van der Waals surface area contributed by atoms with E-state index in [0.29, 0.717) is 6.04 Å². The SMILES string of the molecule is CCNC(c1ncccc1C)C1CCC(C)C(C)C1. The van der Waals surface area contributed by atoms with Crippen molar-refractivity contribution in [3.8, 4) is 0 Å². The van der Waals surface area contributed by atoms with E-state index in [1.54, 1.807) is 0 Å². The maximum Gasteiger partial charge on any atom is 0.0605 e. The molecule has 1 fully saturated rings. The van der Waals surface area contributed by atoms with Crippen LogP contribution in [0.2, 0.25) is 0 Å². The Hall–Kier alpha value is -0.890. The van der Waals surface area contributed by atoms with E-state index in [9.17, 15) is 0 Å². The number of hydrogen-bond acceptors (Lipinski definition) is 2. The van der Waals surface area contributed by atoms with E-state index in [2.05, 4.69) is 44.1 Å². The van der Waals surface area contributed by atoms with Crippen LogP contribution in [0.5, 0.6) is 0 Å². The molecule has 1 aromatic rings. The molecule has 2 rings (SSSR count). The maximum atomic E-state index is 4.65. The van der Waals surface area contributed by atoms with Gasteiger partial charge in [0.1, 0.15) is 0 Å². The summed E-state index contributed by atoms with van der Waals surface area (Å²) in [5.74, 6) is 2.45. The summed E-state index contributed by atoms with van der Waals surface area (Å²) in [7, 11) is 0. The van der Waals surface area contributed by atoms with Gasteiger partial charge in [-0.25, -0.2) is 0 Å². The molecule has 1 saturated carbocycles. The van der Waals surface area contributed by atoms with Crippen molar-refractivity contribution >= 4 is 0 Å². The Labute approximate surface area is 118 Å². The molecule has 1 N–H and O–H groups in total. The van der Waals surface area contributed by atoms with Gasteiger partial charge in [-0.1, -0.05) is 33.3 Å². The standard InChI is InChI=1S/C17H28N2/c1-5-18-17(16-13(3)7-6-10-19-16)15-9-8-12(2)14(4)11-15/h6-7,10,12,14-15,17-18H,5,8-9,11H2,1-4H3. The first-order valence-corrected chi connectivity index (χ1v) is 7.78. The Bertz CT molecular complexity index is 402. The Morgan fingerprint density at radius 2 is 2.11 bits per heavy atom. The van der Waals surface area contributed by atoms with Gasteiger partial charge in [0, 0.05) is 6.20 Å². The lowest BCUT2D eigenvalue weighted by Gasteiger charge is -2.37. The third kappa shape index (κ3) is 3.36. The fraction of sp³-hybridized carbons (Fsp3) is 0.706. The van der Waals surface area contributed by atoms with Gasteiger partial charge in [0.05, 0.1) is 11.7 Å². The monoisotopic (exact) mass is 260 g/mol. The van der Waals surface area contributed by atoms with Crippen molar-refractivity contribution in [2.24, 2.45) is 17.8 Å². The highest BCUT2D eigenvalue weighted by molar-refractivity contribution is 5.22. The van der Waals surface area contributed by atoms with Crippen LogP contribution in [0.15, 0.2) is 18.3 Å². The van der Waals surface area contributed by atoms with Crippen molar-refractivity contribution < 1.29 is 0 Å². The summed E-state index contributed by atoms with van der Waals surface area (Å²) in [6, 6.07) is 4.65. The van der Waals surface area contributed by atoms with Crippen LogP contribution in [0.1, 0.15) is 57.3 Å². The number of hydrogen-bond donors (Lipinski definition) is 1. The summed E-state index contributed by atoms with van der Waals surface area (Å²) < 4.78 is 0. The fourth-order valence-electron chi connectivity index (χ4n) is 3.42. The number of pyridine rings is 1. The van der Waals surface area contributed by atoms with Crippen molar-refractivity contribution in [2.45, 2.75) is 53.0 Å². The van der Waals surface area contributed by atoms with Crippen molar-refractivity contribution in [1.29, 1.82) is 0 Å². The quantitative estimate of drug-likeness (QED) is 0.881. The second kappa shape index (κ2) is 6.51. The summed E-state index contributed by atoms with van der Waals surface area (Å²) >= 11 is 0. The lowest BCUT2D eigenvalue weighted by molar-refractivity contribution is 0.170. The highest BCUT2D eigenvalue weighted by Crippen LogP contribution is 2.39. The minimum atomic E-state index is 0.432. The van der Waals surface area contributed by atoms with Gasteiger partial charge in [0.25, 0.3) is 0 Å². The van der Waals surface area contributed by atoms with E-state index in [-0.39, 0.29) is 0 Å². The number of aryl methyl sites for hydroxylation is 1. The molecule has 106 valence electrons. The van der Waals surface area contributed by atoms with Crippen LogP contribution in [-0.4, -0.2) is 11.5 Å². The average Bonchev–Trinajstić information content (AvgIpc) is 2.40. The molecule has 0 bridgehead atoms. The molecule has 0 spiro atoms. The molecule has 2 nitrogen and oxygen atoms in total. The Kier molecular flexibility index (Phi) is 4.98. The molecular weight excluding hydrogens is 232 g/mol. The predicted molar refractivity (Wildman–Crippen MR) is 81.1 cm³/mol. The first kappa shape index (κ1) is 14.5. The molecule has 0 radical (unpaired) electrons. The van der Waals surface area contributed by atoms with Crippen molar-refractivity contribution in [3.05, 3.63) is 29.6 Å². The van der Waals surface area contributed by atoms with Gasteiger partial charge in [-0.2, -0.15) is 0 Å². The molecule has 2 heteroatoms. The molecule has 1 heterocycles. The third-order valence-corrected chi connectivity index (χ3v) is 4.88. The van der Waals surface area contributed by atoms with Gasteiger partial charge < -0.3 is 5.32 Å². The molecule has 4 unspecified atom stereocenters. The molecule has 0 aliphatic heterocycles. The molecule has 19 heavy (non-hydrogen) atoms. The Balaban J connectivity index is 2.19. The number of rotatable bonds is 4. The van der Waals surface area contributed by atoms with E-state index in [1.165, 1.54) is 30.5 Å². The zero-order valence-corrected chi connectivity index (χ0v) is 12.8. The minimum Gasteiger partial charge on any atom is -0.309 e. The third-order valence-electron chi connectivity index (χ3n) is 4.88. The molecule has 1 aliphatic rings. The topological polar surface area (TPSA) is 24.9 Å². The van der Waals surface area contributed by atoms with E-state index in [4.69, 9.17) is 0 Å². The maximum absolute atomic E-state index is 4.65. The fourth-order valence-corrected chi connectivity index (χ4v) is 3.42. The number of nitrogens with zero attached hydrogens (tertiary/aromatic N) is 1. The van der Waals surface area contributed by atoms with Crippen LogP contribution in [0.3, 0.4) is 0 Å². The molecule has 1 aromatic heterocycles. The van der Waals surface area contributed by atoms with Gasteiger partial charge in [0.2, 0.25) is 0 Å². The molecule has 0 aromatic carbocycles. The van der Waals surface area contributed by atoms with Crippen LogP contribution in [0, 0.1) is 24.7 Å². The first-order valence-electron chi connectivity index (χ1n) is 7.78. The first-order chi connectivity index (χ1) is 9.13. The molecule has 0 amide bonds. The smallest absolute Gasteiger partial charge is 0.0605 e. The lowest BCUT2D eigenvalue weighted by atomic mass is 9.72. The van der Waals surface area contributed by atoms with E-state index >= 15 is 0 Å². The van der Waals surface area contributed by atoms with Gasteiger partial charge in [-0.3, -0.25) is 4.98 Å². The largest absolute Gasteiger partial charge is 0.309 e. The summed E-state index contributed by atoms with van der Waals surface area (Å²) in [4.78, 5) is 4.65. The van der Waals surface area contributed by atoms with E-state index < -0.39 is 0 Å². The molecule has 1 aliphatic carbocycles. The normalized spacial score (nSPS) is 29.2.